The minimum Gasteiger partial charge on any atom is -0.380 e. The van der Waals surface area contributed by atoms with Crippen molar-refractivity contribution in [2.45, 2.75) is 44.8 Å². The third-order valence-electron chi connectivity index (χ3n) is 3.76. The van der Waals surface area contributed by atoms with E-state index in [2.05, 4.69) is 12.2 Å². The summed E-state index contributed by atoms with van der Waals surface area (Å²) in [7, 11) is 0. The molecule has 1 saturated carbocycles. The number of para-hydroxylation sites is 1. The van der Waals surface area contributed by atoms with Crippen LogP contribution in [0.2, 0.25) is 5.02 Å². The van der Waals surface area contributed by atoms with Crippen LogP contribution in [0.15, 0.2) is 18.2 Å². The summed E-state index contributed by atoms with van der Waals surface area (Å²) in [4.78, 5) is 0. The Hall–Kier alpha value is -0.900. The van der Waals surface area contributed by atoms with Crippen LogP contribution in [0.5, 0.6) is 0 Å². The highest BCUT2D eigenvalue weighted by atomic mass is 35.5. The van der Waals surface area contributed by atoms with Crippen molar-refractivity contribution in [3.8, 4) is 0 Å². The average Bonchev–Trinajstić information content (AvgIpc) is 2.33. The average molecular weight is 292 g/mol. The minimum absolute atomic E-state index is 0.0235. The molecule has 0 saturated heterocycles. The van der Waals surface area contributed by atoms with E-state index in [0.717, 1.165) is 31.7 Å². The number of halogens is 4. The van der Waals surface area contributed by atoms with Crippen LogP contribution in [0.1, 0.15) is 38.2 Å². The second-order valence-electron chi connectivity index (χ2n) is 5.17. The number of anilines is 1. The summed E-state index contributed by atoms with van der Waals surface area (Å²) in [6, 6.07) is 3.96. The zero-order valence-corrected chi connectivity index (χ0v) is 11.5. The monoisotopic (exact) mass is 291 g/mol. The van der Waals surface area contributed by atoms with Gasteiger partial charge in [-0.25, -0.2) is 0 Å². The molecule has 0 aromatic heterocycles. The van der Waals surface area contributed by atoms with Gasteiger partial charge in [-0.1, -0.05) is 37.4 Å². The second kappa shape index (κ2) is 5.61. The molecule has 106 valence electrons. The lowest BCUT2D eigenvalue weighted by Gasteiger charge is -2.31. The fraction of sp³-hybridized carbons (Fsp3) is 0.571. The third-order valence-corrected chi connectivity index (χ3v) is 4.08. The molecule has 1 nitrogen and oxygen atoms in total. The van der Waals surface area contributed by atoms with E-state index in [-0.39, 0.29) is 16.8 Å². The number of rotatable bonds is 2. The highest BCUT2D eigenvalue weighted by Crippen LogP contribution is 2.40. The summed E-state index contributed by atoms with van der Waals surface area (Å²) < 4.78 is 38.9. The first-order valence-corrected chi connectivity index (χ1v) is 6.89. The van der Waals surface area contributed by atoms with Gasteiger partial charge in [-0.2, -0.15) is 13.2 Å². The predicted molar refractivity (Wildman–Crippen MR) is 71.5 cm³/mol. The first kappa shape index (κ1) is 14.5. The summed E-state index contributed by atoms with van der Waals surface area (Å²) in [6.45, 7) is 2.07. The molecule has 1 aliphatic carbocycles. The van der Waals surface area contributed by atoms with E-state index in [4.69, 9.17) is 11.6 Å². The number of hydrogen-bond donors (Lipinski definition) is 1. The fourth-order valence-electron chi connectivity index (χ4n) is 2.62. The van der Waals surface area contributed by atoms with E-state index < -0.39 is 11.7 Å². The van der Waals surface area contributed by atoms with Crippen LogP contribution in [-0.2, 0) is 6.18 Å². The van der Waals surface area contributed by atoms with Crippen molar-refractivity contribution >= 4 is 17.3 Å². The quantitative estimate of drug-likeness (QED) is 0.774. The SMILES string of the molecule is CC1CCCCC1Nc1c(Cl)cccc1C(F)(F)F. The van der Waals surface area contributed by atoms with Crippen molar-refractivity contribution in [1.82, 2.24) is 0 Å². The van der Waals surface area contributed by atoms with Crippen molar-refractivity contribution in [3.05, 3.63) is 28.8 Å². The maximum atomic E-state index is 13.0. The maximum Gasteiger partial charge on any atom is 0.418 e. The van der Waals surface area contributed by atoms with Crippen molar-refractivity contribution in [2.24, 2.45) is 5.92 Å². The number of alkyl halides is 3. The van der Waals surface area contributed by atoms with Gasteiger partial charge in [0.2, 0.25) is 0 Å². The minimum atomic E-state index is -4.38. The van der Waals surface area contributed by atoms with E-state index in [0.29, 0.717) is 5.92 Å². The van der Waals surface area contributed by atoms with Crippen LogP contribution < -0.4 is 5.32 Å². The molecule has 0 radical (unpaired) electrons. The summed E-state index contributed by atoms with van der Waals surface area (Å²) in [5.41, 5.74) is -0.659. The Bertz CT molecular complexity index is 445. The maximum absolute atomic E-state index is 13.0. The van der Waals surface area contributed by atoms with Crippen LogP contribution in [0.4, 0.5) is 18.9 Å². The normalized spacial score (nSPS) is 24.3. The Balaban J connectivity index is 2.28. The first-order chi connectivity index (χ1) is 8.89. The van der Waals surface area contributed by atoms with Gasteiger partial charge in [0.1, 0.15) is 0 Å². The van der Waals surface area contributed by atoms with E-state index in [1.807, 2.05) is 0 Å². The van der Waals surface area contributed by atoms with Crippen molar-refractivity contribution in [1.29, 1.82) is 0 Å². The zero-order chi connectivity index (χ0) is 14.0. The molecule has 0 spiro atoms. The Kier molecular flexibility index (Phi) is 4.29. The number of benzene rings is 1. The fourth-order valence-corrected chi connectivity index (χ4v) is 2.85. The van der Waals surface area contributed by atoms with Crippen molar-refractivity contribution < 1.29 is 13.2 Å². The number of nitrogens with one attached hydrogen (secondary N) is 1. The van der Waals surface area contributed by atoms with Crippen LogP contribution in [-0.4, -0.2) is 6.04 Å². The largest absolute Gasteiger partial charge is 0.418 e. The molecule has 0 bridgehead atoms. The Morgan fingerprint density at radius 2 is 1.89 bits per heavy atom. The molecule has 2 unspecified atom stereocenters. The molecule has 2 rings (SSSR count). The molecule has 1 fully saturated rings. The van der Waals surface area contributed by atoms with Crippen LogP contribution in [0.3, 0.4) is 0 Å². The van der Waals surface area contributed by atoms with Crippen LogP contribution in [0.25, 0.3) is 0 Å². The molecule has 1 aromatic rings. The molecule has 5 heteroatoms. The molecule has 1 N–H and O–H groups in total. The topological polar surface area (TPSA) is 12.0 Å². The van der Waals surface area contributed by atoms with Crippen molar-refractivity contribution in [2.75, 3.05) is 5.32 Å². The van der Waals surface area contributed by atoms with Gasteiger partial charge in [0, 0.05) is 6.04 Å². The Morgan fingerprint density at radius 1 is 1.21 bits per heavy atom. The van der Waals surface area contributed by atoms with Gasteiger partial charge in [-0.3, -0.25) is 0 Å². The van der Waals surface area contributed by atoms with Gasteiger partial charge in [0.05, 0.1) is 16.3 Å². The molecular formula is C14H17ClF3N. The highest BCUT2D eigenvalue weighted by Gasteiger charge is 2.35. The van der Waals surface area contributed by atoms with Gasteiger partial charge < -0.3 is 5.32 Å². The van der Waals surface area contributed by atoms with Gasteiger partial charge in [-0.05, 0) is 30.9 Å². The zero-order valence-electron chi connectivity index (χ0n) is 10.7. The van der Waals surface area contributed by atoms with Gasteiger partial charge >= 0.3 is 6.18 Å². The molecule has 0 amide bonds. The lowest BCUT2D eigenvalue weighted by molar-refractivity contribution is -0.137. The van der Waals surface area contributed by atoms with Crippen LogP contribution >= 0.6 is 11.6 Å². The van der Waals surface area contributed by atoms with Crippen molar-refractivity contribution in [3.63, 3.8) is 0 Å². The van der Waals surface area contributed by atoms with E-state index in [1.165, 1.54) is 12.1 Å². The molecule has 0 heterocycles. The molecule has 0 aliphatic heterocycles. The summed E-state index contributed by atoms with van der Waals surface area (Å²) in [5, 5.41) is 3.15. The predicted octanol–water partition coefficient (Wildman–Crippen LogP) is 5.35. The lowest BCUT2D eigenvalue weighted by Crippen LogP contribution is -2.31. The second-order valence-corrected chi connectivity index (χ2v) is 5.58. The van der Waals surface area contributed by atoms with Gasteiger partial charge in [0.15, 0.2) is 0 Å². The van der Waals surface area contributed by atoms with E-state index in [9.17, 15) is 13.2 Å². The summed E-state index contributed by atoms with van der Waals surface area (Å²) in [6.07, 6.45) is -0.250. The Labute approximate surface area is 116 Å². The molecule has 1 aromatic carbocycles. The van der Waals surface area contributed by atoms with E-state index in [1.54, 1.807) is 0 Å². The third kappa shape index (κ3) is 3.35. The summed E-state index contributed by atoms with van der Waals surface area (Å²) in [5.74, 6) is 0.367. The molecule has 1 aliphatic rings. The Morgan fingerprint density at radius 3 is 2.53 bits per heavy atom. The molecule has 19 heavy (non-hydrogen) atoms. The molecule has 2 atom stereocenters. The molecular weight excluding hydrogens is 275 g/mol. The standard InChI is InChI=1S/C14H17ClF3N/c1-9-5-2-3-8-12(9)19-13-10(14(16,17)18)6-4-7-11(13)15/h4,6-7,9,12,19H,2-3,5,8H2,1H3. The number of hydrogen-bond acceptors (Lipinski definition) is 1. The highest BCUT2D eigenvalue weighted by molar-refractivity contribution is 6.33. The first-order valence-electron chi connectivity index (χ1n) is 6.52. The van der Waals surface area contributed by atoms with Gasteiger partial charge in [0.25, 0.3) is 0 Å². The summed E-state index contributed by atoms with van der Waals surface area (Å²) >= 11 is 5.94. The smallest absolute Gasteiger partial charge is 0.380 e. The lowest BCUT2D eigenvalue weighted by atomic mass is 9.85. The van der Waals surface area contributed by atoms with E-state index >= 15 is 0 Å². The van der Waals surface area contributed by atoms with Crippen LogP contribution in [0, 0.1) is 5.92 Å². The van der Waals surface area contributed by atoms with Gasteiger partial charge in [-0.15, -0.1) is 0 Å².